The molecule has 2 aromatic carbocycles. The van der Waals surface area contributed by atoms with Gasteiger partial charge in [0.2, 0.25) is 0 Å². The summed E-state index contributed by atoms with van der Waals surface area (Å²) in [6.07, 6.45) is 0.373. The molecule has 1 atom stereocenters. The second-order valence-corrected chi connectivity index (χ2v) is 5.73. The van der Waals surface area contributed by atoms with Crippen molar-refractivity contribution in [2.45, 2.75) is 12.3 Å². The molecule has 1 aliphatic heterocycles. The monoisotopic (exact) mass is 305 g/mol. The quantitative estimate of drug-likeness (QED) is 0.915. The number of carbonyl (C=O) groups excluding carboxylic acids is 1. The molecule has 3 rings (SSSR count). The molecule has 0 saturated carbocycles. The lowest BCUT2D eigenvalue weighted by molar-refractivity contribution is -0.119. The van der Waals surface area contributed by atoms with E-state index in [-0.39, 0.29) is 11.7 Å². The van der Waals surface area contributed by atoms with Gasteiger partial charge in [-0.1, -0.05) is 47.5 Å². The number of fused-ring (bicyclic) bond motifs is 1. The average molecular weight is 306 g/mol. The van der Waals surface area contributed by atoms with Crippen LogP contribution in [0.5, 0.6) is 0 Å². The Bertz CT molecular complexity index is 669. The Hall–Kier alpha value is -1.51. The molecule has 1 aliphatic rings. The van der Waals surface area contributed by atoms with E-state index in [2.05, 4.69) is 5.32 Å². The van der Waals surface area contributed by atoms with E-state index >= 15 is 0 Å². The molecule has 1 N–H and O–H groups in total. The van der Waals surface area contributed by atoms with Crippen LogP contribution in [-0.2, 0) is 11.2 Å². The van der Waals surface area contributed by atoms with Crippen LogP contribution in [0.1, 0.15) is 17.0 Å². The van der Waals surface area contributed by atoms with Crippen LogP contribution in [0.4, 0.5) is 5.69 Å². The van der Waals surface area contributed by atoms with Gasteiger partial charge in [0.1, 0.15) is 5.78 Å². The van der Waals surface area contributed by atoms with Crippen molar-refractivity contribution >= 4 is 34.7 Å². The maximum absolute atomic E-state index is 12.5. The zero-order valence-electron chi connectivity index (χ0n) is 10.7. The van der Waals surface area contributed by atoms with Gasteiger partial charge in [-0.15, -0.1) is 0 Å². The molecule has 0 amide bonds. The highest BCUT2D eigenvalue weighted by Gasteiger charge is 2.27. The van der Waals surface area contributed by atoms with Gasteiger partial charge < -0.3 is 5.32 Å². The fourth-order valence-electron chi connectivity index (χ4n) is 2.55. The van der Waals surface area contributed by atoms with Gasteiger partial charge >= 0.3 is 0 Å². The Morgan fingerprint density at radius 2 is 1.95 bits per heavy atom. The summed E-state index contributed by atoms with van der Waals surface area (Å²) in [7, 11) is 0. The van der Waals surface area contributed by atoms with E-state index in [1.807, 2.05) is 30.3 Å². The molecule has 20 heavy (non-hydrogen) atoms. The predicted molar refractivity (Wildman–Crippen MR) is 82.8 cm³/mol. The van der Waals surface area contributed by atoms with Crippen LogP contribution < -0.4 is 5.32 Å². The number of hydrogen-bond acceptors (Lipinski definition) is 2. The zero-order valence-corrected chi connectivity index (χ0v) is 12.2. The lowest BCUT2D eigenvalue weighted by atomic mass is 9.93. The van der Waals surface area contributed by atoms with Crippen LogP contribution in [0.15, 0.2) is 42.5 Å². The van der Waals surface area contributed by atoms with E-state index < -0.39 is 0 Å². The minimum Gasteiger partial charge on any atom is -0.384 e. The molecule has 2 aromatic rings. The number of hydrogen-bond donors (Lipinski definition) is 1. The number of carbonyl (C=O) groups is 1. The summed E-state index contributed by atoms with van der Waals surface area (Å²) in [6.45, 7) is 0.666. The van der Waals surface area contributed by atoms with E-state index in [4.69, 9.17) is 23.2 Å². The maximum atomic E-state index is 12.5. The average Bonchev–Trinajstić information content (AvgIpc) is 2.87. The summed E-state index contributed by atoms with van der Waals surface area (Å²) in [6, 6.07) is 13.3. The zero-order chi connectivity index (χ0) is 14.1. The molecule has 0 aliphatic carbocycles. The second-order valence-electron chi connectivity index (χ2n) is 4.91. The van der Waals surface area contributed by atoms with Crippen molar-refractivity contribution in [3.63, 3.8) is 0 Å². The van der Waals surface area contributed by atoms with Crippen LogP contribution in [0.25, 0.3) is 0 Å². The van der Waals surface area contributed by atoms with Crippen molar-refractivity contribution in [3.05, 3.63) is 63.6 Å². The lowest BCUT2D eigenvalue weighted by Gasteiger charge is -2.09. The largest absolute Gasteiger partial charge is 0.384 e. The van der Waals surface area contributed by atoms with E-state index in [0.717, 1.165) is 16.8 Å². The minimum absolute atomic E-state index is 0.0827. The van der Waals surface area contributed by atoms with Crippen molar-refractivity contribution in [2.75, 3.05) is 11.9 Å². The number of Topliss-reactive ketones (excluding diaryl/α,β-unsaturated/α-hetero) is 1. The number of halogens is 2. The third kappa shape index (κ3) is 2.54. The predicted octanol–water partition coefficient (Wildman–Crippen LogP) is 4.31. The molecular weight excluding hydrogens is 293 g/mol. The highest BCUT2D eigenvalue weighted by molar-refractivity contribution is 6.42. The minimum atomic E-state index is -0.0827. The van der Waals surface area contributed by atoms with Gasteiger partial charge in [-0.25, -0.2) is 0 Å². The van der Waals surface area contributed by atoms with Gasteiger partial charge in [0.15, 0.2) is 0 Å². The summed E-state index contributed by atoms with van der Waals surface area (Å²) in [5.74, 6) is 0.112. The number of nitrogens with one attached hydrogen (secondary N) is 1. The molecule has 0 spiro atoms. The summed E-state index contributed by atoms with van der Waals surface area (Å²) < 4.78 is 0. The molecule has 1 unspecified atom stereocenters. The maximum Gasteiger partial charge on any atom is 0.146 e. The molecular formula is C16H13Cl2NO. The number of rotatable bonds is 3. The van der Waals surface area contributed by atoms with Gasteiger partial charge in [-0.05, 0) is 29.3 Å². The first-order valence-corrected chi connectivity index (χ1v) is 7.20. The fourth-order valence-corrected chi connectivity index (χ4v) is 2.87. The van der Waals surface area contributed by atoms with Crippen molar-refractivity contribution in [1.82, 2.24) is 0 Å². The molecule has 4 heteroatoms. The van der Waals surface area contributed by atoms with Crippen LogP contribution in [0.3, 0.4) is 0 Å². The second kappa shape index (κ2) is 5.47. The van der Waals surface area contributed by atoms with Gasteiger partial charge in [-0.2, -0.15) is 0 Å². The Kier molecular flexibility index (Phi) is 3.68. The van der Waals surface area contributed by atoms with Gasteiger partial charge in [-0.3, -0.25) is 4.79 Å². The fraction of sp³-hybridized carbons (Fsp3) is 0.188. The highest BCUT2D eigenvalue weighted by atomic mass is 35.5. The number of para-hydroxylation sites is 1. The Labute approximate surface area is 127 Å². The molecule has 1 heterocycles. The van der Waals surface area contributed by atoms with Crippen molar-refractivity contribution < 1.29 is 4.79 Å². The number of benzene rings is 2. The first-order chi connectivity index (χ1) is 9.65. The first-order valence-electron chi connectivity index (χ1n) is 6.44. The SMILES string of the molecule is O=C(Cc1ccc(Cl)c(Cl)c1)C1CNc2ccccc21. The standard InChI is InChI=1S/C16H13Cl2NO/c17-13-6-5-10(7-14(13)18)8-16(20)12-9-19-15-4-2-1-3-11(12)15/h1-7,12,19H,8-9H2. The Morgan fingerprint density at radius 3 is 2.75 bits per heavy atom. The van der Waals surface area contributed by atoms with E-state index in [0.29, 0.717) is 23.0 Å². The normalized spacial score (nSPS) is 16.6. The van der Waals surface area contributed by atoms with Crippen LogP contribution >= 0.6 is 23.2 Å². The number of anilines is 1. The van der Waals surface area contributed by atoms with E-state index in [9.17, 15) is 4.79 Å². The smallest absolute Gasteiger partial charge is 0.146 e. The van der Waals surface area contributed by atoms with Crippen molar-refractivity contribution in [1.29, 1.82) is 0 Å². The summed E-state index contributed by atoms with van der Waals surface area (Å²) in [5.41, 5.74) is 3.03. The Balaban J connectivity index is 1.79. The third-order valence-electron chi connectivity index (χ3n) is 3.58. The molecule has 2 nitrogen and oxygen atoms in total. The highest BCUT2D eigenvalue weighted by Crippen LogP contribution is 2.32. The summed E-state index contributed by atoms with van der Waals surface area (Å²) in [4.78, 5) is 12.5. The Morgan fingerprint density at radius 1 is 1.15 bits per heavy atom. The van der Waals surface area contributed by atoms with E-state index in [1.165, 1.54) is 0 Å². The van der Waals surface area contributed by atoms with E-state index in [1.54, 1.807) is 12.1 Å². The topological polar surface area (TPSA) is 29.1 Å². The molecule has 0 fully saturated rings. The van der Waals surface area contributed by atoms with Crippen LogP contribution in [0, 0.1) is 0 Å². The first kappa shape index (κ1) is 13.5. The molecule has 0 radical (unpaired) electrons. The van der Waals surface area contributed by atoms with Crippen molar-refractivity contribution in [3.8, 4) is 0 Å². The van der Waals surface area contributed by atoms with Gasteiger partial charge in [0.25, 0.3) is 0 Å². The van der Waals surface area contributed by atoms with Crippen LogP contribution in [-0.4, -0.2) is 12.3 Å². The summed E-state index contributed by atoms with van der Waals surface area (Å²) >= 11 is 11.9. The molecule has 0 bridgehead atoms. The van der Waals surface area contributed by atoms with Crippen molar-refractivity contribution in [2.24, 2.45) is 0 Å². The molecule has 0 saturated heterocycles. The molecule has 102 valence electrons. The number of ketones is 1. The van der Waals surface area contributed by atoms with Crippen LogP contribution in [0.2, 0.25) is 10.0 Å². The summed E-state index contributed by atoms with van der Waals surface area (Å²) in [5, 5.41) is 4.27. The molecule has 0 aromatic heterocycles. The third-order valence-corrected chi connectivity index (χ3v) is 4.32. The van der Waals surface area contributed by atoms with Gasteiger partial charge in [0.05, 0.1) is 16.0 Å². The lowest BCUT2D eigenvalue weighted by Crippen LogP contribution is -2.16. The van der Waals surface area contributed by atoms with Gasteiger partial charge in [0, 0.05) is 18.7 Å².